The first-order chi connectivity index (χ1) is 11.2. The molecule has 0 saturated carbocycles. The highest BCUT2D eigenvalue weighted by Gasteiger charge is 2.27. The van der Waals surface area contributed by atoms with Crippen LogP contribution in [0.2, 0.25) is 0 Å². The van der Waals surface area contributed by atoms with Crippen molar-refractivity contribution < 1.29 is 14.6 Å². The van der Waals surface area contributed by atoms with Crippen molar-refractivity contribution in [3.63, 3.8) is 0 Å². The van der Waals surface area contributed by atoms with Gasteiger partial charge in [0.05, 0.1) is 12.2 Å². The molecule has 1 aromatic rings. The predicted molar refractivity (Wildman–Crippen MR) is 94.8 cm³/mol. The highest BCUT2D eigenvalue weighted by atomic mass is 16.5. The number of likely N-dealkylation sites (N-methyl/N-ethyl adjacent to an activating group) is 1. The number of morpholine rings is 1. The molecule has 0 aromatic heterocycles. The Bertz CT molecular complexity index is 535. The standard InChI is InChI=1S/C19H30N2O3/c1-19(2,23)10-9-15-5-7-16(8-6-15)13-21-11-12-24-17(14-21)18(22)20(3)4/h5-8,17,23H,9-14H2,1-4H3. The van der Waals surface area contributed by atoms with Gasteiger partial charge in [0.25, 0.3) is 5.91 Å². The van der Waals surface area contributed by atoms with Crippen LogP contribution in [-0.2, 0) is 22.5 Å². The van der Waals surface area contributed by atoms with Gasteiger partial charge in [0.2, 0.25) is 0 Å². The van der Waals surface area contributed by atoms with Crippen LogP contribution in [0, 0.1) is 0 Å². The molecule has 5 heteroatoms. The summed E-state index contributed by atoms with van der Waals surface area (Å²) < 4.78 is 5.60. The molecule has 1 atom stereocenters. The average molecular weight is 334 g/mol. The zero-order valence-electron chi connectivity index (χ0n) is 15.3. The number of hydrogen-bond acceptors (Lipinski definition) is 4. The molecular formula is C19H30N2O3. The molecule has 1 saturated heterocycles. The van der Waals surface area contributed by atoms with Crippen molar-refractivity contribution in [3.8, 4) is 0 Å². The quantitative estimate of drug-likeness (QED) is 0.860. The minimum absolute atomic E-state index is 0.0293. The minimum atomic E-state index is -0.625. The molecule has 1 unspecified atom stereocenters. The second-order valence-corrected chi connectivity index (χ2v) is 7.46. The fourth-order valence-electron chi connectivity index (χ4n) is 2.80. The van der Waals surface area contributed by atoms with Crippen molar-refractivity contribution in [1.29, 1.82) is 0 Å². The van der Waals surface area contributed by atoms with E-state index in [-0.39, 0.29) is 12.0 Å². The van der Waals surface area contributed by atoms with Crippen molar-refractivity contribution in [2.24, 2.45) is 0 Å². The molecule has 134 valence electrons. The van der Waals surface area contributed by atoms with Gasteiger partial charge in [0, 0.05) is 33.7 Å². The first kappa shape index (κ1) is 18.9. The summed E-state index contributed by atoms with van der Waals surface area (Å²) in [6.07, 6.45) is 1.27. The summed E-state index contributed by atoms with van der Waals surface area (Å²) >= 11 is 0. The Hall–Kier alpha value is -1.43. The lowest BCUT2D eigenvalue weighted by Crippen LogP contribution is -2.49. The van der Waals surface area contributed by atoms with Crippen LogP contribution in [-0.4, -0.2) is 66.3 Å². The summed E-state index contributed by atoms with van der Waals surface area (Å²) in [6, 6.07) is 8.53. The van der Waals surface area contributed by atoms with Crippen LogP contribution in [0.3, 0.4) is 0 Å². The van der Waals surface area contributed by atoms with E-state index in [1.54, 1.807) is 19.0 Å². The number of amides is 1. The number of hydrogen-bond donors (Lipinski definition) is 1. The van der Waals surface area contributed by atoms with Crippen LogP contribution in [0.15, 0.2) is 24.3 Å². The van der Waals surface area contributed by atoms with Crippen molar-refractivity contribution in [2.45, 2.75) is 44.9 Å². The van der Waals surface area contributed by atoms with Gasteiger partial charge in [-0.25, -0.2) is 0 Å². The van der Waals surface area contributed by atoms with E-state index in [9.17, 15) is 9.90 Å². The van der Waals surface area contributed by atoms with E-state index in [2.05, 4.69) is 29.2 Å². The molecule has 1 heterocycles. The zero-order chi connectivity index (χ0) is 17.7. The van der Waals surface area contributed by atoms with E-state index in [1.165, 1.54) is 11.1 Å². The normalized spacial score (nSPS) is 19.3. The van der Waals surface area contributed by atoms with Crippen LogP contribution >= 0.6 is 0 Å². The first-order valence-corrected chi connectivity index (χ1v) is 8.60. The number of benzene rings is 1. The molecule has 1 aliphatic heterocycles. The number of rotatable bonds is 6. The third-order valence-corrected chi connectivity index (χ3v) is 4.32. The number of nitrogens with zero attached hydrogens (tertiary/aromatic N) is 2. The van der Waals surface area contributed by atoms with E-state index in [1.807, 2.05) is 13.8 Å². The lowest BCUT2D eigenvalue weighted by Gasteiger charge is -2.33. The smallest absolute Gasteiger partial charge is 0.252 e. The number of aliphatic hydroxyl groups is 1. The second kappa shape index (κ2) is 8.10. The Morgan fingerprint density at radius 2 is 1.92 bits per heavy atom. The molecule has 1 amide bonds. The summed E-state index contributed by atoms with van der Waals surface area (Å²) in [5.41, 5.74) is 1.85. The maximum absolute atomic E-state index is 12.0. The number of aryl methyl sites for hydroxylation is 1. The molecule has 1 N–H and O–H groups in total. The monoisotopic (exact) mass is 334 g/mol. The Labute approximate surface area is 145 Å². The van der Waals surface area contributed by atoms with E-state index in [0.717, 1.165) is 25.9 Å². The van der Waals surface area contributed by atoms with Crippen LogP contribution in [0.4, 0.5) is 0 Å². The number of carbonyl (C=O) groups excluding carboxylic acids is 1. The van der Waals surface area contributed by atoms with Gasteiger partial charge >= 0.3 is 0 Å². The Morgan fingerprint density at radius 1 is 1.29 bits per heavy atom. The second-order valence-electron chi connectivity index (χ2n) is 7.46. The summed E-state index contributed by atoms with van der Waals surface area (Å²) in [7, 11) is 3.52. The van der Waals surface area contributed by atoms with Crippen molar-refractivity contribution >= 4 is 5.91 Å². The van der Waals surface area contributed by atoms with E-state index in [4.69, 9.17) is 4.74 Å². The van der Waals surface area contributed by atoms with Crippen LogP contribution < -0.4 is 0 Å². The van der Waals surface area contributed by atoms with Gasteiger partial charge < -0.3 is 14.7 Å². The zero-order valence-corrected chi connectivity index (χ0v) is 15.3. The van der Waals surface area contributed by atoms with E-state index in [0.29, 0.717) is 13.2 Å². The topological polar surface area (TPSA) is 53.0 Å². The maximum Gasteiger partial charge on any atom is 0.252 e. The summed E-state index contributed by atoms with van der Waals surface area (Å²) in [5, 5.41) is 9.81. The number of carbonyl (C=O) groups is 1. The molecular weight excluding hydrogens is 304 g/mol. The fourth-order valence-corrected chi connectivity index (χ4v) is 2.80. The van der Waals surface area contributed by atoms with Gasteiger partial charge in [0.1, 0.15) is 6.10 Å². The van der Waals surface area contributed by atoms with E-state index >= 15 is 0 Å². The first-order valence-electron chi connectivity index (χ1n) is 8.60. The van der Waals surface area contributed by atoms with Gasteiger partial charge in [-0.15, -0.1) is 0 Å². The molecule has 5 nitrogen and oxygen atoms in total. The highest BCUT2D eigenvalue weighted by Crippen LogP contribution is 2.16. The molecule has 1 aromatic carbocycles. The highest BCUT2D eigenvalue weighted by molar-refractivity contribution is 5.80. The maximum atomic E-state index is 12.0. The molecule has 24 heavy (non-hydrogen) atoms. The van der Waals surface area contributed by atoms with Gasteiger partial charge in [-0.2, -0.15) is 0 Å². The SMILES string of the molecule is CN(C)C(=O)C1CN(Cc2ccc(CCC(C)(C)O)cc2)CCO1. The van der Waals surface area contributed by atoms with Crippen molar-refractivity contribution in [2.75, 3.05) is 33.8 Å². The molecule has 0 radical (unpaired) electrons. The predicted octanol–water partition coefficient (Wildman–Crippen LogP) is 1.68. The van der Waals surface area contributed by atoms with Gasteiger partial charge in [-0.1, -0.05) is 24.3 Å². The van der Waals surface area contributed by atoms with Crippen molar-refractivity contribution in [1.82, 2.24) is 9.80 Å². The molecule has 1 aliphatic rings. The summed E-state index contributed by atoms with van der Waals surface area (Å²) in [4.78, 5) is 15.9. The third-order valence-electron chi connectivity index (χ3n) is 4.32. The van der Waals surface area contributed by atoms with Gasteiger partial charge in [-0.05, 0) is 37.8 Å². The van der Waals surface area contributed by atoms with Crippen molar-refractivity contribution in [3.05, 3.63) is 35.4 Å². The van der Waals surface area contributed by atoms with E-state index < -0.39 is 5.60 Å². The fraction of sp³-hybridized carbons (Fsp3) is 0.632. The van der Waals surface area contributed by atoms with Gasteiger partial charge in [0.15, 0.2) is 0 Å². The Kier molecular flexibility index (Phi) is 6.38. The Balaban J connectivity index is 1.88. The lowest BCUT2D eigenvalue weighted by atomic mass is 9.98. The number of ether oxygens (including phenoxy) is 1. The minimum Gasteiger partial charge on any atom is -0.390 e. The molecule has 0 aliphatic carbocycles. The molecule has 0 bridgehead atoms. The summed E-state index contributed by atoms with van der Waals surface area (Å²) in [5.74, 6) is 0.0293. The largest absolute Gasteiger partial charge is 0.390 e. The summed E-state index contributed by atoms with van der Waals surface area (Å²) in [6.45, 7) is 6.58. The van der Waals surface area contributed by atoms with Crippen LogP contribution in [0.5, 0.6) is 0 Å². The third kappa shape index (κ3) is 5.89. The van der Waals surface area contributed by atoms with Crippen LogP contribution in [0.1, 0.15) is 31.4 Å². The molecule has 0 spiro atoms. The average Bonchev–Trinajstić information content (AvgIpc) is 2.53. The lowest BCUT2D eigenvalue weighted by molar-refractivity contribution is -0.147. The Morgan fingerprint density at radius 3 is 2.50 bits per heavy atom. The van der Waals surface area contributed by atoms with Crippen LogP contribution in [0.25, 0.3) is 0 Å². The van der Waals surface area contributed by atoms with Gasteiger partial charge in [-0.3, -0.25) is 9.69 Å². The molecule has 1 fully saturated rings. The molecule has 2 rings (SSSR count).